The van der Waals surface area contributed by atoms with Gasteiger partial charge in [0.15, 0.2) is 11.0 Å². The largest absolute Gasteiger partial charge is 0.465 e. The molecule has 0 radical (unpaired) electrons. The SMILES string of the molecule is ClC1Oc2pcccc2-c2ccccc21. The van der Waals surface area contributed by atoms with Crippen molar-refractivity contribution in [3.63, 3.8) is 0 Å². The predicted octanol–water partition coefficient (Wildman–Crippen LogP) is 4.56. The molecule has 1 aliphatic heterocycles. The molecule has 0 aliphatic carbocycles. The number of fused-ring (bicyclic) bond motifs is 3. The van der Waals surface area contributed by atoms with Crippen LogP contribution in [-0.2, 0) is 0 Å². The van der Waals surface area contributed by atoms with Crippen LogP contribution in [0.2, 0.25) is 0 Å². The second kappa shape index (κ2) is 3.52. The van der Waals surface area contributed by atoms with E-state index in [0.29, 0.717) is 0 Å². The highest BCUT2D eigenvalue weighted by Crippen LogP contribution is 2.46. The lowest BCUT2D eigenvalue weighted by Gasteiger charge is -2.24. The molecule has 2 heterocycles. The summed E-state index contributed by atoms with van der Waals surface area (Å²) >= 11 is 6.17. The molecule has 1 unspecified atom stereocenters. The van der Waals surface area contributed by atoms with Crippen molar-refractivity contribution in [3.05, 3.63) is 47.8 Å². The van der Waals surface area contributed by atoms with Crippen LogP contribution in [0.1, 0.15) is 11.1 Å². The summed E-state index contributed by atoms with van der Waals surface area (Å²) in [6, 6.07) is 12.2. The second-order valence-electron chi connectivity index (χ2n) is 3.38. The van der Waals surface area contributed by atoms with Gasteiger partial charge < -0.3 is 4.74 Å². The van der Waals surface area contributed by atoms with Crippen molar-refractivity contribution < 1.29 is 4.74 Å². The molecule has 3 heteroatoms. The van der Waals surface area contributed by atoms with Crippen molar-refractivity contribution in [1.82, 2.24) is 0 Å². The molecule has 0 fully saturated rings. The molecule has 1 nitrogen and oxygen atoms in total. The molecule has 0 spiro atoms. The van der Waals surface area contributed by atoms with E-state index in [2.05, 4.69) is 24.0 Å². The standard InChI is InChI=1S/C12H8ClOP/c13-11-9-5-2-1-4-8(9)10-6-3-7-15-12(10)14-11/h1-7,11H. The van der Waals surface area contributed by atoms with Gasteiger partial charge in [-0.1, -0.05) is 41.9 Å². The van der Waals surface area contributed by atoms with Crippen molar-refractivity contribution in [1.29, 1.82) is 0 Å². The maximum atomic E-state index is 6.17. The normalized spacial score (nSPS) is 18.1. The van der Waals surface area contributed by atoms with Gasteiger partial charge in [0.2, 0.25) is 0 Å². The van der Waals surface area contributed by atoms with Crippen molar-refractivity contribution in [2.75, 3.05) is 0 Å². The highest BCUT2D eigenvalue weighted by molar-refractivity contribution is 7.32. The molecule has 1 aromatic heterocycles. The van der Waals surface area contributed by atoms with Crippen LogP contribution in [0, 0.1) is 0 Å². The van der Waals surface area contributed by atoms with Gasteiger partial charge in [-0.25, -0.2) is 0 Å². The van der Waals surface area contributed by atoms with E-state index >= 15 is 0 Å². The first-order chi connectivity index (χ1) is 7.36. The summed E-state index contributed by atoms with van der Waals surface area (Å²) in [5.41, 5.74) is 4.01. The fourth-order valence-electron chi connectivity index (χ4n) is 1.79. The van der Waals surface area contributed by atoms with Gasteiger partial charge in [0.05, 0.1) is 0 Å². The lowest BCUT2D eigenvalue weighted by Crippen LogP contribution is -2.07. The van der Waals surface area contributed by atoms with E-state index in [1.807, 2.05) is 18.2 Å². The number of hydrogen-bond donors (Lipinski definition) is 0. The summed E-state index contributed by atoms with van der Waals surface area (Å²) in [6.07, 6.45) is 0. The third-order valence-electron chi connectivity index (χ3n) is 2.48. The Morgan fingerprint density at radius 2 is 1.87 bits per heavy atom. The van der Waals surface area contributed by atoms with Crippen molar-refractivity contribution in [2.45, 2.75) is 5.56 Å². The van der Waals surface area contributed by atoms with Gasteiger partial charge in [-0.15, -0.1) is 0 Å². The second-order valence-corrected chi connectivity index (χ2v) is 4.74. The van der Waals surface area contributed by atoms with Gasteiger partial charge in [-0.3, -0.25) is 0 Å². The van der Waals surface area contributed by atoms with Crippen LogP contribution < -0.4 is 4.74 Å². The van der Waals surface area contributed by atoms with Crippen molar-refractivity contribution in [3.8, 4) is 16.6 Å². The number of benzene rings is 1. The number of ether oxygens (including phenoxy) is 1. The average molecular weight is 235 g/mol. The van der Waals surface area contributed by atoms with Crippen LogP contribution >= 0.6 is 19.8 Å². The Balaban J connectivity index is 2.30. The van der Waals surface area contributed by atoms with E-state index in [0.717, 1.165) is 24.8 Å². The van der Waals surface area contributed by atoms with Gasteiger partial charge in [0, 0.05) is 11.1 Å². The van der Waals surface area contributed by atoms with Crippen molar-refractivity contribution >= 4 is 19.8 Å². The number of hydrogen-bond acceptors (Lipinski definition) is 1. The fraction of sp³-hybridized carbons (Fsp3) is 0.0833. The van der Waals surface area contributed by atoms with Crippen LogP contribution in [0.15, 0.2) is 42.2 Å². The zero-order chi connectivity index (χ0) is 10.3. The molecular formula is C12H8ClOP. The van der Waals surface area contributed by atoms with E-state index in [1.54, 1.807) is 0 Å². The van der Waals surface area contributed by atoms with Crippen molar-refractivity contribution in [2.24, 2.45) is 0 Å². The smallest absolute Gasteiger partial charge is 0.198 e. The summed E-state index contributed by atoms with van der Waals surface area (Å²) in [4.78, 5) is 0. The Morgan fingerprint density at radius 1 is 1.07 bits per heavy atom. The van der Waals surface area contributed by atoms with Gasteiger partial charge in [-0.2, -0.15) is 0 Å². The lowest BCUT2D eigenvalue weighted by atomic mass is 10.0. The zero-order valence-electron chi connectivity index (χ0n) is 7.85. The fourth-order valence-corrected chi connectivity index (χ4v) is 2.94. The first kappa shape index (κ1) is 9.21. The van der Waals surface area contributed by atoms with E-state index in [9.17, 15) is 0 Å². The molecule has 74 valence electrons. The Bertz CT molecular complexity index is 512. The minimum absolute atomic E-state index is 0.354. The van der Waals surface area contributed by atoms with Gasteiger partial charge in [0.25, 0.3) is 0 Å². The molecule has 0 N–H and O–H groups in total. The van der Waals surface area contributed by atoms with Crippen LogP contribution in [0.5, 0.6) is 5.48 Å². The molecule has 0 saturated carbocycles. The topological polar surface area (TPSA) is 9.23 Å². The summed E-state index contributed by atoms with van der Waals surface area (Å²) in [5, 5.41) is 0. The minimum atomic E-state index is -0.354. The summed E-state index contributed by atoms with van der Waals surface area (Å²) < 4.78 is 5.67. The molecule has 1 aromatic carbocycles. The van der Waals surface area contributed by atoms with Crippen LogP contribution in [-0.4, -0.2) is 0 Å². The van der Waals surface area contributed by atoms with Crippen LogP contribution in [0.3, 0.4) is 0 Å². The third kappa shape index (κ3) is 1.43. The number of rotatable bonds is 0. The third-order valence-corrected chi connectivity index (χ3v) is 3.71. The van der Waals surface area contributed by atoms with Gasteiger partial charge in [-0.05, 0) is 25.6 Å². The summed E-state index contributed by atoms with van der Waals surface area (Å²) in [7, 11) is 1.08. The summed E-state index contributed by atoms with van der Waals surface area (Å²) in [6.45, 7) is 0. The molecular weight excluding hydrogens is 227 g/mol. The quantitative estimate of drug-likeness (QED) is 0.607. The maximum absolute atomic E-state index is 6.17. The average Bonchev–Trinajstić information content (AvgIpc) is 2.30. The highest BCUT2D eigenvalue weighted by atomic mass is 35.5. The molecule has 0 bridgehead atoms. The first-order valence-electron chi connectivity index (χ1n) is 4.71. The molecule has 15 heavy (non-hydrogen) atoms. The van der Waals surface area contributed by atoms with Gasteiger partial charge >= 0.3 is 0 Å². The zero-order valence-corrected chi connectivity index (χ0v) is 9.50. The molecule has 1 aliphatic rings. The Labute approximate surface area is 94.8 Å². The minimum Gasteiger partial charge on any atom is -0.465 e. The van der Waals surface area contributed by atoms with E-state index in [4.69, 9.17) is 16.3 Å². The highest BCUT2D eigenvalue weighted by Gasteiger charge is 2.23. The number of halogens is 1. The first-order valence-corrected chi connectivity index (χ1v) is 6.11. The Kier molecular flexibility index (Phi) is 2.16. The van der Waals surface area contributed by atoms with E-state index in [-0.39, 0.29) is 5.56 Å². The molecule has 0 saturated heterocycles. The van der Waals surface area contributed by atoms with Crippen LogP contribution in [0.4, 0.5) is 0 Å². The molecule has 3 rings (SSSR count). The van der Waals surface area contributed by atoms with E-state index < -0.39 is 0 Å². The molecule has 0 amide bonds. The number of alkyl halides is 1. The Hall–Kier alpha value is -1.04. The van der Waals surface area contributed by atoms with Gasteiger partial charge in [0.1, 0.15) is 0 Å². The monoisotopic (exact) mass is 234 g/mol. The van der Waals surface area contributed by atoms with E-state index in [1.165, 1.54) is 5.56 Å². The Morgan fingerprint density at radius 3 is 2.80 bits per heavy atom. The molecule has 1 atom stereocenters. The lowest BCUT2D eigenvalue weighted by molar-refractivity contribution is 0.293. The molecule has 2 aromatic rings. The van der Waals surface area contributed by atoms with Crippen LogP contribution in [0.25, 0.3) is 11.1 Å². The maximum Gasteiger partial charge on any atom is 0.198 e. The predicted molar refractivity (Wildman–Crippen MR) is 63.6 cm³/mol. The summed E-state index contributed by atoms with van der Waals surface area (Å²) in [5.74, 6) is 2.05.